The molecular weight excluding hydrogens is 178 g/mol. The van der Waals surface area contributed by atoms with Crippen molar-refractivity contribution >= 4 is 0 Å². The Hall–Kier alpha value is -1.71. The molecule has 14 heavy (non-hydrogen) atoms. The number of hydrogen-bond donors (Lipinski definition) is 0. The third kappa shape index (κ3) is 1.79. The lowest BCUT2D eigenvalue weighted by Gasteiger charge is -1.89. The van der Waals surface area contributed by atoms with Gasteiger partial charge in [0.15, 0.2) is 0 Å². The van der Waals surface area contributed by atoms with Crippen molar-refractivity contribution in [2.75, 3.05) is 0 Å². The van der Waals surface area contributed by atoms with Crippen molar-refractivity contribution in [3.8, 4) is 11.4 Å². The molecule has 0 unspecified atom stereocenters. The molecule has 0 aliphatic carbocycles. The molecule has 2 aromatic rings. The van der Waals surface area contributed by atoms with Crippen molar-refractivity contribution < 1.29 is 4.52 Å². The summed E-state index contributed by atoms with van der Waals surface area (Å²) < 4.78 is 5.07. The first kappa shape index (κ1) is 8.87. The molecule has 0 saturated carbocycles. The van der Waals surface area contributed by atoms with Gasteiger partial charge in [-0.15, -0.1) is 0 Å². The van der Waals surface area contributed by atoms with Crippen LogP contribution in [0.4, 0.5) is 0 Å². The van der Waals surface area contributed by atoms with Gasteiger partial charge in [0.25, 0.3) is 0 Å². The smallest absolute Gasteiger partial charge is 0.226 e. The van der Waals surface area contributed by atoms with Gasteiger partial charge in [0, 0.05) is 24.4 Å². The molecule has 0 aliphatic heterocycles. The lowest BCUT2D eigenvalue weighted by Crippen LogP contribution is -1.84. The van der Waals surface area contributed by atoms with Gasteiger partial charge in [0.05, 0.1) is 0 Å². The zero-order chi connectivity index (χ0) is 9.80. The second kappa shape index (κ2) is 4.00. The maximum Gasteiger partial charge on any atom is 0.226 e. The maximum atomic E-state index is 5.07. The molecule has 0 aromatic carbocycles. The molecule has 0 fully saturated rings. The first-order chi connectivity index (χ1) is 6.90. The Morgan fingerprint density at radius 3 is 3.07 bits per heavy atom. The van der Waals surface area contributed by atoms with E-state index in [-0.39, 0.29) is 0 Å². The first-order valence-corrected chi connectivity index (χ1v) is 4.63. The SMILES string of the molecule is CCCc1nc(-c2cccnc2)no1. The molecular formula is C10H11N3O. The molecule has 2 heterocycles. The van der Waals surface area contributed by atoms with Crippen LogP contribution in [0.5, 0.6) is 0 Å². The molecule has 0 saturated heterocycles. The average Bonchev–Trinajstić information content (AvgIpc) is 2.68. The van der Waals surface area contributed by atoms with Crippen molar-refractivity contribution in [3.63, 3.8) is 0 Å². The van der Waals surface area contributed by atoms with Gasteiger partial charge < -0.3 is 4.52 Å². The molecule has 2 rings (SSSR count). The van der Waals surface area contributed by atoms with Crippen LogP contribution in [0.15, 0.2) is 29.0 Å². The zero-order valence-electron chi connectivity index (χ0n) is 7.97. The van der Waals surface area contributed by atoms with E-state index in [0.717, 1.165) is 18.4 Å². The number of aromatic nitrogens is 3. The maximum absolute atomic E-state index is 5.07. The van der Waals surface area contributed by atoms with Crippen molar-refractivity contribution in [2.24, 2.45) is 0 Å². The standard InChI is InChI=1S/C10H11N3O/c1-2-4-9-12-10(13-14-9)8-5-3-6-11-7-8/h3,5-7H,2,4H2,1H3. The molecule has 0 spiro atoms. The van der Waals surface area contributed by atoms with Gasteiger partial charge in [-0.05, 0) is 18.6 Å². The van der Waals surface area contributed by atoms with Gasteiger partial charge in [-0.25, -0.2) is 0 Å². The van der Waals surface area contributed by atoms with Gasteiger partial charge in [0.1, 0.15) is 0 Å². The Balaban J connectivity index is 2.25. The van der Waals surface area contributed by atoms with Gasteiger partial charge in [0.2, 0.25) is 11.7 Å². The second-order valence-corrected chi connectivity index (χ2v) is 3.00. The Bertz CT molecular complexity index is 397. The van der Waals surface area contributed by atoms with Crippen LogP contribution in [-0.2, 0) is 6.42 Å². The van der Waals surface area contributed by atoms with Crippen molar-refractivity contribution in [1.29, 1.82) is 0 Å². The highest BCUT2D eigenvalue weighted by atomic mass is 16.5. The summed E-state index contributed by atoms with van der Waals surface area (Å²) >= 11 is 0. The molecule has 0 atom stereocenters. The van der Waals surface area contributed by atoms with Crippen LogP contribution >= 0.6 is 0 Å². The molecule has 0 bridgehead atoms. The zero-order valence-corrected chi connectivity index (χ0v) is 7.97. The van der Waals surface area contributed by atoms with Gasteiger partial charge >= 0.3 is 0 Å². The molecule has 4 heteroatoms. The monoisotopic (exact) mass is 189 g/mol. The number of pyridine rings is 1. The van der Waals surface area contributed by atoms with E-state index < -0.39 is 0 Å². The van der Waals surface area contributed by atoms with Crippen LogP contribution in [0.3, 0.4) is 0 Å². The number of nitrogens with zero attached hydrogens (tertiary/aromatic N) is 3. The van der Waals surface area contributed by atoms with E-state index in [4.69, 9.17) is 4.52 Å². The Kier molecular flexibility index (Phi) is 2.53. The summed E-state index contributed by atoms with van der Waals surface area (Å²) in [6.45, 7) is 2.08. The molecule has 2 aromatic heterocycles. The highest BCUT2D eigenvalue weighted by Gasteiger charge is 2.06. The van der Waals surface area contributed by atoms with Crippen molar-refractivity contribution in [3.05, 3.63) is 30.4 Å². The van der Waals surface area contributed by atoms with Crippen LogP contribution in [0.2, 0.25) is 0 Å². The Labute approximate surface area is 82.0 Å². The quantitative estimate of drug-likeness (QED) is 0.741. The minimum Gasteiger partial charge on any atom is -0.339 e. The molecule has 72 valence electrons. The van der Waals surface area contributed by atoms with E-state index in [1.54, 1.807) is 12.4 Å². The fourth-order valence-corrected chi connectivity index (χ4v) is 1.18. The van der Waals surface area contributed by atoms with Crippen LogP contribution in [0.25, 0.3) is 11.4 Å². The Morgan fingerprint density at radius 1 is 1.43 bits per heavy atom. The lowest BCUT2D eigenvalue weighted by atomic mass is 10.3. The van der Waals surface area contributed by atoms with E-state index in [9.17, 15) is 0 Å². The first-order valence-electron chi connectivity index (χ1n) is 4.63. The fourth-order valence-electron chi connectivity index (χ4n) is 1.18. The predicted octanol–water partition coefficient (Wildman–Crippen LogP) is 2.08. The summed E-state index contributed by atoms with van der Waals surface area (Å²) in [7, 11) is 0. The average molecular weight is 189 g/mol. The summed E-state index contributed by atoms with van der Waals surface area (Å²) in [5, 5.41) is 3.88. The third-order valence-corrected chi connectivity index (χ3v) is 1.85. The van der Waals surface area contributed by atoms with Crippen molar-refractivity contribution in [2.45, 2.75) is 19.8 Å². The molecule has 0 N–H and O–H groups in total. The van der Waals surface area contributed by atoms with Crippen LogP contribution < -0.4 is 0 Å². The van der Waals surface area contributed by atoms with E-state index in [1.165, 1.54) is 0 Å². The van der Waals surface area contributed by atoms with Crippen LogP contribution in [-0.4, -0.2) is 15.1 Å². The van der Waals surface area contributed by atoms with Gasteiger partial charge in [-0.1, -0.05) is 12.1 Å². The van der Waals surface area contributed by atoms with E-state index in [1.807, 2.05) is 12.1 Å². The minimum atomic E-state index is 0.613. The van der Waals surface area contributed by atoms with Crippen LogP contribution in [0.1, 0.15) is 19.2 Å². The number of rotatable bonds is 3. The minimum absolute atomic E-state index is 0.613. The topological polar surface area (TPSA) is 51.8 Å². The highest BCUT2D eigenvalue weighted by Crippen LogP contribution is 2.13. The lowest BCUT2D eigenvalue weighted by molar-refractivity contribution is 0.378. The summed E-state index contributed by atoms with van der Waals surface area (Å²) in [5.41, 5.74) is 0.888. The Morgan fingerprint density at radius 2 is 2.36 bits per heavy atom. The third-order valence-electron chi connectivity index (χ3n) is 1.85. The highest BCUT2D eigenvalue weighted by molar-refractivity contribution is 5.51. The molecule has 0 radical (unpaired) electrons. The number of hydrogen-bond acceptors (Lipinski definition) is 4. The van der Waals surface area contributed by atoms with E-state index >= 15 is 0 Å². The summed E-state index contributed by atoms with van der Waals surface area (Å²) in [4.78, 5) is 8.25. The fraction of sp³-hybridized carbons (Fsp3) is 0.300. The van der Waals surface area contributed by atoms with Gasteiger partial charge in [-0.2, -0.15) is 4.98 Å². The molecule has 4 nitrogen and oxygen atoms in total. The summed E-state index contributed by atoms with van der Waals surface area (Å²) in [6.07, 6.45) is 5.28. The molecule has 0 aliphatic rings. The van der Waals surface area contributed by atoms with Crippen molar-refractivity contribution in [1.82, 2.24) is 15.1 Å². The molecule has 0 amide bonds. The normalized spacial score (nSPS) is 10.4. The van der Waals surface area contributed by atoms with Gasteiger partial charge in [-0.3, -0.25) is 4.98 Å². The number of aryl methyl sites for hydroxylation is 1. The largest absolute Gasteiger partial charge is 0.339 e. The predicted molar refractivity (Wildman–Crippen MR) is 51.5 cm³/mol. The summed E-state index contributed by atoms with van der Waals surface area (Å²) in [5.74, 6) is 1.30. The van der Waals surface area contributed by atoms with E-state index in [0.29, 0.717) is 11.7 Å². The van der Waals surface area contributed by atoms with E-state index in [2.05, 4.69) is 22.0 Å². The second-order valence-electron chi connectivity index (χ2n) is 3.00. The summed E-state index contributed by atoms with van der Waals surface area (Å²) in [6, 6.07) is 3.76. The van der Waals surface area contributed by atoms with Crippen LogP contribution in [0, 0.1) is 0 Å².